The van der Waals surface area contributed by atoms with Gasteiger partial charge < -0.3 is 10.2 Å². The lowest BCUT2D eigenvalue weighted by Crippen LogP contribution is -2.33. The van der Waals surface area contributed by atoms with Crippen LogP contribution in [0.5, 0.6) is 0 Å². The van der Waals surface area contributed by atoms with E-state index < -0.39 is 12.3 Å². The van der Waals surface area contributed by atoms with E-state index in [4.69, 9.17) is 5.11 Å². The summed E-state index contributed by atoms with van der Waals surface area (Å²) in [5.41, 5.74) is 0. The van der Waals surface area contributed by atoms with Crippen LogP contribution in [0.4, 0.5) is 4.79 Å². The van der Waals surface area contributed by atoms with Gasteiger partial charge in [0.15, 0.2) is 0 Å². The summed E-state index contributed by atoms with van der Waals surface area (Å²) < 4.78 is 0. The second-order valence-corrected chi connectivity index (χ2v) is 5.98. The normalized spacial score (nSPS) is 12.6. The minimum atomic E-state index is -1.16. The third-order valence-electron chi connectivity index (χ3n) is 3.78. The number of carboxylic acid groups (broad SMARTS) is 1. The number of unbranched alkanes of at least 4 members (excludes halogenated alkanes) is 10. The van der Waals surface area contributed by atoms with Crippen molar-refractivity contribution in [3.63, 3.8) is 0 Å². The van der Waals surface area contributed by atoms with Crippen molar-refractivity contribution < 1.29 is 15.0 Å². The highest BCUT2D eigenvalue weighted by Crippen LogP contribution is 2.09. The average Bonchev–Trinajstić information content (AvgIpc) is 2.47. The van der Waals surface area contributed by atoms with Crippen LogP contribution in [0.2, 0.25) is 0 Å². The van der Waals surface area contributed by atoms with Gasteiger partial charge in [0.2, 0.25) is 0 Å². The number of amides is 1. The number of rotatable bonds is 15. The van der Waals surface area contributed by atoms with Crippen LogP contribution in [0.3, 0.4) is 0 Å². The molecule has 0 spiro atoms. The lowest BCUT2D eigenvalue weighted by Gasteiger charge is -2.09. The molecule has 0 heterocycles. The minimum absolute atomic E-state index is 0.500. The van der Waals surface area contributed by atoms with Crippen LogP contribution in [0.25, 0.3) is 0 Å². The maximum Gasteiger partial charge on any atom is 0.406 e. The summed E-state index contributed by atoms with van der Waals surface area (Å²) in [6.07, 6.45) is 17.7. The van der Waals surface area contributed by atoms with E-state index in [-0.39, 0.29) is 0 Å². The fourth-order valence-corrected chi connectivity index (χ4v) is 2.45. The van der Waals surface area contributed by atoms with E-state index in [9.17, 15) is 9.90 Å². The standard InChI is InChI=1S/C18H35NO3/c1-2-3-4-5-6-7-8-9-10-11-12-13-14-15-16-17(20)19-18(21)22/h9-10,17,19-20H,2-8,11-16H2,1H3,(H,21,22)/b10-9+. The first-order chi connectivity index (χ1) is 10.7. The number of aliphatic hydroxyl groups is 1. The van der Waals surface area contributed by atoms with E-state index in [1.54, 1.807) is 0 Å². The summed E-state index contributed by atoms with van der Waals surface area (Å²) in [4.78, 5) is 10.3. The zero-order chi connectivity index (χ0) is 16.5. The second-order valence-electron chi connectivity index (χ2n) is 5.98. The molecule has 4 nitrogen and oxygen atoms in total. The first-order valence-electron chi connectivity index (χ1n) is 8.99. The Balaban J connectivity index is 3.19. The molecule has 1 amide bonds. The van der Waals surface area contributed by atoms with Crippen LogP contribution in [-0.4, -0.2) is 22.5 Å². The molecule has 0 aliphatic rings. The van der Waals surface area contributed by atoms with E-state index in [1.165, 1.54) is 51.4 Å². The average molecular weight is 313 g/mol. The Hall–Kier alpha value is -1.03. The first kappa shape index (κ1) is 21.0. The molecule has 4 heteroatoms. The topological polar surface area (TPSA) is 69.6 Å². The van der Waals surface area contributed by atoms with E-state index >= 15 is 0 Å². The summed E-state index contributed by atoms with van der Waals surface area (Å²) in [6, 6.07) is 0. The SMILES string of the molecule is CCCCCCCC/C=C/CCCCCCC(O)NC(=O)O. The Morgan fingerprint density at radius 2 is 1.41 bits per heavy atom. The quantitative estimate of drug-likeness (QED) is 0.220. The molecule has 0 aromatic carbocycles. The van der Waals surface area contributed by atoms with Gasteiger partial charge in [-0.25, -0.2) is 4.79 Å². The maximum atomic E-state index is 10.3. The highest BCUT2D eigenvalue weighted by Gasteiger charge is 2.05. The highest BCUT2D eigenvalue weighted by molar-refractivity contribution is 5.64. The molecule has 0 fully saturated rings. The van der Waals surface area contributed by atoms with Crippen LogP contribution in [0.1, 0.15) is 90.4 Å². The number of hydrogen-bond donors (Lipinski definition) is 3. The van der Waals surface area contributed by atoms with Crippen LogP contribution in [0, 0.1) is 0 Å². The molecule has 0 aliphatic carbocycles. The van der Waals surface area contributed by atoms with Gasteiger partial charge in [-0.15, -0.1) is 0 Å². The molecule has 0 radical (unpaired) electrons. The summed E-state index contributed by atoms with van der Waals surface area (Å²) >= 11 is 0. The van der Waals surface area contributed by atoms with Gasteiger partial charge in [-0.2, -0.15) is 0 Å². The Bertz CT molecular complexity index is 280. The lowest BCUT2D eigenvalue weighted by atomic mass is 10.1. The van der Waals surface area contributed by atoms with Crippen LogP contribution in [0.15, 0.2) is 12.2 Å². The van der Waals surface area contributed by atoms with Crippen LogP contribution >= 0.6 is 0 Å². The van der Waals surface area contributed by atoms with Crippen molar-refractivity contribution in [3.8, 4) is 0 Å². The van der Waals surface area contributed by atoms with E-state index in [0.29, 0.717) is 6.42 Å². The Morgan fingerprint density at radius 1 is 0.909 bits per heavy atom. The van der Waals surface area contributed by atoms with Crippen LogP contribution < -0.4 is 5.32 Å². The monoisotopic (exact) mass is 313 g/mol. The largest absolute Gasteiger partial charge is 0.465 e. The molecule has 22 heavy (non-hydrogen) atoms. The fraction of sp³-hybridized carbons (Fsp3) is 0.833. The molecule has 1 unspecified atom stereocenters. The van der Waals surface area contributed by atoms with Gasteiger partial charge in [0, 0.05) is 0 Å². The van der Waals surface area contributed by atoms with Gasteiger partial charge in [0.05, 0.1) is 0 Å². The fourth-order valence-electron chi connectivity index (χ4n) is 2.45. The minimum Gasteiger partial charge on any atom is -0.465 e. The summed E-state index contributed by atoms with van der Waals surface area (Å²) in [5, 5.41) is 19.8. The second kappa shape index (κ2) is 16.3. The van der Waals surface area contributed by atoms with Gasteiger partial charge in [-0.05, 0) is 38.5 Å². The molecular weight excluding hydrogens is 278 g/mol. The molecule has 3 N–H and O–H groups in total. The Kier molecular flexibility index (Phi) is 15.6. The van der Waals surface area contributed by atoms with Crippen molar-refractivity contribution in [2.45, 2.75) is 96.6 Å². The Morgan fingerprint density at radius 3 is 1.95 bits per heavy atom. The van der Waals surface area contributed by atoms with E-state index in [0.717, 1.165) is 25.7 Å². The summed E-state index contributed by atoms with van der Waals surface area (Å²) in [6.45, 7) is 2.25. The molecule has 130 valence electrons. The van der Waals surface area contributed by atoms with Crippen molar-refractivity contribution in [3.05, 3.63) is 12.2 Å². The molecule has 0 rings (SSSR count). The van der Waals surface area contributed by atoms with Gasteiger partial charge in [-0.1, -0.05) is 64.0 Å². The van der Waals surface area contributed by atoms with Gasteiger partial charge in [0.1, 0.15) is 6.23 Å². The van der Waals surface area contributed by atoms with E-state index in [1.807, 2.05) is 0 Å². The highest BCUT2D eigenvalue weighted by atomic mass is 16.4. The molecule has 0 aromatic heterocycles. The zero-order valence-corrected chi connectivity index (χ0v) is 14.2. The van der Waals surface area contributed by atoms with E-state index in [2.05, 4.69) is 24.4 Å². The van der Waals surface area contributed by atoms with Crippen molar-refractivity contribution >= 4 is 6.09 Å². The van der Waals surface area contributed by atoms with Crippen molar-refractivity contribution in [2.75, 3.05) is 0 Å². The number of hydrogen-bond acceptors (Lipinski definition) is 2. The predicted molar refractivity (Wildman–Crippen MR) is 92.0 cm³/mol. The number of nitrogens with one attached hydrogen (secondary N) is 1. The third-order valence-corrected chi connectivity index (χ3v) is 3.78. The zero-order valence-electron chi connectivity index (χ0n) is 14.2. The van der Waals surface area contributed by atoms with Crippen molar-refractivity contribution in [1.29, 1.82) is 0 Å². The molecule has 0 aromatic rings. The van der Waals surface area contributed by atoms with Crippen molar-refractivity contribution in [1.82, 2.24) is 5.32 Å². The predicted octanol–water partition coefficient (Wildman–Crippen LogP) is 5.22. The van der Waals surface area contributed by atoms with Gasteiger partial charge in [0.25, 0.3) is 0 Å². The summed E-state index contributed by atoms with van der Waals surface area (Å²) in [5.74, 6) is 0. The lowest BCUT2D eigenvalue weighted by molar-refractivity contribution is 0.112. The molecule has 0 aliphatic heterocycles. The molecule has 1 atom stereocenters. The maximum absolute atomic E-state index is 10.3. The van der Waals surface area contributed by atoms with Crippen molar-refractivity contribution in [2.24, 2.45) is 0 Å². The number of allylic oxidation sites excluding steroid dienone is 2. The number of carbonyl (C=O) groups is 1. The molecule has 0 bridgehead atoms. The molecule has 0 saturated carbocycles. The molecule has 0 saturated heterocycles. The molecular formula is C18H35NO3. The Labute approximate surface area is 136 Å². The third kappa shape index (κ3) is 17.0. The van der Waals surface area contributed by atoms with Gasteiger partial charge >= 0.3 is 6.09 Å². The van der Waals surface area contributed by atoms with Gasteiger partial charge in [-0.3, -0.25) is 5.32 Å². The summed E-state index contributed by atoms with van der Waals surface area (Å²) in [7, 11) is 0. The smallest absolute Gasteiger partial charge is 0.406 e. The number of aliphatic hydroxyl groups excluding tert-OH is 1. The first-order valence-corrected chi connectivity index (χ1v) is 8.99. The van der Waals surface area contributed by atoms with Crippen LogP contribution in [-0.2, 0) is 0 Å².